The lowest BCUT2D eigenvalue weighted by molar-refractivity contribution is -0.132. The van der Waals surface area contributed by atoms with Crippen LogP contribution >= 0.6 is 0 Å². The molecule has 0 radical (unpaired) electrons. The number of fused-ring (bicyclic) bond motifs is 1. The molecule has 4 rings (SSSR count). The van der Waals surface area contributed by atoms with Gasteiger partial charge in [-0.25, -0.2) is 9.37 Å². The normalized spacial score (nSPS) is 20.5. The van der Waals surface area contributed by atoms with Crippen LogP contribution in [-0.4, -0.2) is 70.6 Å². The zero-order valence-corrected chi connectivity index (χ0v) is 20.2. The zero-order chi connectivity index (χ0) is 25.1. The number of rotatable bonds is 5. The van der Waals surface area contributed by atoms with Crippen LogP contribution in [0, 0.1) is 29.5 Å². The summed E-state index contributed by atoms with van der Waals surface area (Å²) in [4.78, 5) is 33.7. The second-order valence-corrected chi connectivity index (χ2v) is 9.45. The number of pyridine rings is 1. The number of benzene rings is 1. The van der Waals surface area contributed by atoms with Gasteiger partial charge in [0, 0.05) is 42.8 Å². The third-order valence-corrected chi connectivity index (χ3v) is 6.45. The molecule has 1 fully saturated rings. The number of hydrogen-bond donors (Lipinski definition) is 1. The van der Waals surface area contributed by atoms with E-state index in [1.165, 1.54) is 18.3 Å². The molecule has 0 unspecified atom stereocenters. The Kier molecular flexibility index (Phi) is 7.37. The molecular formula is C27H30FN3O4. The molecule has 184 valence electrons. The van der Waals surface area contributed by atoms with Crippen LogP contribution < -0.4 is 4.74 Å². The third kappa shape index (κ3) is 5.80. The number of ether oxygens (including phenoxy) is 1. The number of carbonyl (C=O) groups excluding carboxylic acids is 2. The number of nitrogens with zero attached hydrogens (tertiary/aromatic N) is 3. The van der Waals surface area contributed by atoms with Crippen LogP contribution in [0.2, 0.25) is 0 Å². The second-order valence-electron chi connectivity index (χ2n) is 9.45. The highest BCUT2D eigenvalue weighted by Crippen LogP contribution is 2.32. The van der Waals surface area contributed by atoms with Gasteiger partial charge in [-0.2, -0.15) is 0 Å². The maximum atomic E-state index is 13.5. The van der Waals surface area contributed by atoms with Crippen molar-refractivity contribution < 1.29 is 23.8 Å². The number of carbonyl (C=O) groups is 2. The number of aliphatic hydroxyl groups is 1. The van der Waals surface area contributed by atoms with Crippen LogP contribution in [0.5, 0.6) is 5.88 Å². The smallest absolute Gasteiger partial charge is 0.259 e. The highest BCUT2D eigenvalue weighted by molar-refractivity contribution is 5.97. The summed E-state index contributed by atoms with van der Waals surface area (Å²) in [5.74, 6) is 5.40. The molecule has 0 bridgehead atoms. The Morgan fingerprint density at radius 1 is 1.31 bits per heavy atom. The van der Waals surface area contributed by atoms with E-state index in [0.717, 1.165) is 12.8 Å². The Bertz CT molecular complexity index is 1170. The Balaban J connectivity index is 1.66. The van der Waals surface area contributed by atoms with Gasteiger partial charge in [0.1, 0.15) is 17.5 Å². The minimum absolute atomic E-state index is 0.0981. The van der Waals surface area contributed by atoms with Gasteiger partial charge in [-0.05, 0) is 44.0 Å². The third-order valence-electron chi connectivity index (χ3n) is 6.45. The standard InChI is InChI=1S/C27H30FN3O4/c1-17-14-31(18(2)16-32)27(34)23-12-20(8-7-19-5-4-6-22(28)11-19)13-29-25(23)35-24(17)15-30(3)26(33)21-9-10-21/h4-6,11-13,17-18,21,24,32H,9-10,14-16H2,1-3H3/t17-,18+,24+/m1/s1. The summed E-state index contributed by atoms with van der Waals surface area (Å²) in [5, 5.41) is 9.79. The maximum Gasteiger partial charge on any atom is 0.259 e. The van der Waals surface area contributed by atoms with Gasteiger partial charge < -0.3 is 19.6 Å². The van der Waals surface area contributed by atoms with Crippen molar-refractivity contribution in [2.45, 2.75) is 38.8 Å². The van der Waals surface area contributed by atoms with Gasteiger partial charge in [-0.15, -0.1) is 0 Å². The molecule has 1 saturated carbocycles. The Morgan fingerprint density at radius 3 is 2.74 bits per heavy atom. The highest BCUT2D eigenvalue weighted by atomic mass is 19.1. The van der Waals surface area contributed by atoms with E-state index in [-0.39, 0.29) is 53.6 Å². The van der Waals surface area contributed by atoms with E-state index >= 15 is 0 Å². The minimum atomic E-state index is -0.413. The monoisotopic (exact) mass is 479 g/mol. The summed E-state index contributed by atoms with van der Waals surface area (Å²) in [7, 11) is 1.77. The summed E-state index contributed by atoms with van der Waals surface area (Å²) >= 11 is 0. The lowest BCUT2D eigenvalue weighted by Crippen LogP contribution is -2.50. The van der Waals surface area contributed by atoms with Gasteiger partial charge >= 0.3 is 0 Å². The predicted octanol–water partition coefficient (Wildman–Crippen LogP) is 2.71. The average Bonchev–Trinajstić information content (AvgIpc) is 3.69. The van der Waals surface area contributed by atoms with Crippen molar-refractivity contribution in [1.82, 2.24) is 14.8 Å². The molecule has 3 atom stereocenters. The molecule has 2 aromatic rings. The first kappa shape index (κ1) is 24.7. The van der Waals surface area contributed by atoms with Gasteiger partial charge in [0.25, 0.3) is 5.91 Å². The molecular weight excluding hydrogens is 449 g/mol. The summed E-state index contributed by atoms with van der Waals surface area (Å²) in [6, 6.07) is 7.15. The molecule has 35 heavy (non-hydrogen) atoms. The van der Waals surface area contributed by atoms with Gasteiger partial charge in [-0.3, -0.25) is 9.59 Å². The number of hydrogen-bond acceptors (Lipinski definition) is 5. The largest absolute Gasteiger partial charge is 0.472 e. The maximum absolute atomic E-state index is 13.5. The predicted molar refractivity (Wildman–Crippen MR) is 128 cm³/mol. The van der Waals surface area contributed by atoms with Crippen molar-refractivity contribution in [3.8, 4) is 17.7 Å². The summed E-state index contributed by atoms with van der Waals surface area (Å²) < 4.78 is 19.7. The highest BCUT2D eigenvalue weighted by Gasteiger charge is 2.37. The van der Waals surface area contributed by atoms with Gasteiger partial charge in [0.2, 0.25) is 11.8 Å². The van der Waals surface area contributed by atoms with Crippen LogP contribution in [0.15, 0.2) is 36.5 Å². The van der Waals surface area contributed by atoms with Crippen LogP contribution in [-0.2, 0) is 4.79 Å². The first-order chi connectivity index (χ1) is 16.8. The molecule has 2 heterocycles. The van der Waals surface area contributed by atoms with E-state index in [9.17, 15) is 19.1 Å². The van der Waals surface area contributed by atoms with Gasteiger partial charge in [0.15, 0.2) is 0 Å². The van der Waals surface area contributed by atoms with Crippen molar-refractivity contribution in [1.29, 1.82) is 0 Å². The van der Waals surface area contributed by atoms with Crippen molar-refractivity contribution in [2.75, 3.05) is 26.7 Å². The molecule has 0 spiro atoms. The van der Waals surface area contributed by atoms with E-state index in [2.05, 4.69) is 16.8 Å². The van der Waals surface area contributed by atoms with E-state index in [0.29, 0.717) is 24.2 Å². The molecule has 1 aliphatic carbocycles. The summed E-state index contributed by atoms with van der Waals surface area (Å²) in [5.41, 5.74) is 1.23. The first-order valence-corrected chi connectivity index (χ1v) is 11.9. The molecule has 1 aliphatic heterocycles. The van der Waals surface area contributed by atoms with Crippen molar-refractivity contribution in [2.24, 2.45) is 11.8 Å². The van der Waals surface area contributed by atoms with Crippen LogP contribution in [0.25, 0.3) is 0 Å². The molecule has 1 N–H and O–H groups in total. The van der Waals surface area contributed by atoms with Crippen LogP contribution in [0.3, 0.4) is 0 Å². The lowest BCUT2D eigenvalue weighted by atomic mass is 9.99. The van der Waals surface area contributed by atoms with E-state index in [4.69, 9.17) is 4.74 Å². The second kappa shape index (κ2) is 10.4. The summed E-state index contributed by atoms with van der Waals surface area (Å²) in [6.45, 7) is 4.29. The number of aliphatic hydroxyl groups excluding tert-OH is 1. The molecule has 1 aromatic carbocycles. The number of amides is 2. The quantitative estimate of drug-likeness (QED) is 0.667. The SMILES string of the molecule is C[C@@H]1CN([C@@H](C)CO)C(=O)c2cc(C#Cc3cccc(F)c3)cnc2O[C@H]1CN(C)C(=O)C1CC1. The van der Waals surface area contributed by atoms with Crippen LogP contribution in [0.4, 0.5) is 4.39 Å². The minimum Gasteiger partial charge on any atom is -0.472 e. The van der Waals surface area contributed by atoms with Crippen molar-refractivity contribution in [3.05, 3.63) is 59.0 Å². The fourth-order valence-electron chi connectivity index (χ4n) is 4.10. The zero-order valence-electron chi connectivity index (χ0n) is 20.2. The molecule has 1 aromatic heterocycles. The molecule has 7 nitrogen and oxygen atoms in total. The number of aromatic nitrogens is 1. The molecule has 8 heteroatoms. The molecule has 2 amide bonds. The topological polar surface area (TPSA) is 83.0 Å². The summed E-state index contributed by atoms with van der Waals surface area (Å²) in [6.07, 6.45) is 2.97. The molecule has 0 saturated heterocycles. The lowest BCUT2D eigenvalue weighted by Gasteiger charge is -2.37. The molecule has 2 aliphatic rings. The Morgan fingerprint density at radius 2 is 2.06 bits per heavy atom. The van der Waals surface area contributed by atoms with Crippen molar-refractivity contribution in [3.63, 3.8) is 0 Å². The first-order valence-electron chi connectivity index (χ1n) is 11.9. The van der Waals surface area contributed by atoms with E-state index in [1.54, 1.807) is 42.0 Å². The number of likely N-dealkylation sites (N-methyl/N-ethyl adjacent to an activating group) is 1. The van der Waals surface area contributed by atoms with Gasteiger partial charge in [0.05, 0.1) is 19.2 Å². The fourth-order valence-corrected chi connectivity index (χ4v) is 4.10. The van der Waals surface area contributed by atoms with Crippen LogP contribution in [0.1, 0.15) is 48.2 Å². The van der Waals surface area contributed by atoms with E-state index in [1.807, 2.05) is 6.92 Å². The van der Waals surface area contributed by atoms with E-state index < -0.39 is 6.04 Å². The van der Waals surface area contributed by atoms with Gasteiger partial charge in [-0.1, -0.05) is 24.8 Å². The Hall–Kier alpha value is -3.44. The Labute approximate surface area is 204 Å². The van der Waals surface area contributed by atoms with Crippen molar-refractivity contribution >= 4 is 11.8 Å². The average molecular weight is 480 g/mol. The number of halogens is 1. The fraction of sp³-hybridized carbons (Fsp3) is 0.444.